The van der Waals surface area contributed by atoms with E-state index in [0.717, 1.165) is 17.9 Å². The van der Waals surface area contributed by atoms with Crippen LogP contribution in [0, 0.1) is 0 Å². The normalized spacial score (nSPS) is 10.9. The molecule has 0 aromatic carbocycles. The maximum Gasteiger partial charge on any atom is 0.115 e. The van der Waals surface area contributed by atoms with Crippen molar-refractivity contribution >= 4 is 0 Å². The second-order valence-corrected chi connectivity index (χ2v) is 3.55. The molecule has 1 N–H and O–H groups in total. The summed E-state index contributed by atoms with van der Waals surface area (Å²) in [6, 6.07) is 1.97. The highest BCUT2D eigenvalue weighted by atomic mass is 15.3. The third-order valence-corrected chi connectivity index (χ3v) is 2.34. The van der Waals surface area contributed by atoms with Crippen LogP contribution in [0.4, 0.5) is 0 Å². The van der Waals surface area contributed by atoms with Crippen LogP contribution in [0.2, 0.25) is 0 Å². The average Bonchev–Trinajstić information content (AvgIpc) is 2.73. The van der Waals surface area contributed by atoms with E-state index in [9.17, 15) is 0 Å². The van der Waals surface area contributed by atoms with E-state index in [0.29, 0.717) is 0 Å². The summed E-state index contributed by atoms with van der Waals surface area (Å²) >= 11 is 0. The predicted molar refractivity (Wildman–Crippen MR) is 58.2 cm³/mol. The largest absolute Gasteiger partial charge is 0.316 e. The summed E-state index contributed by atoms with van der Waals surface area (Å²) in [6.07, 6.45) is 3.81. The van der Waals surface area contributed by atoms with Crippen LogP contribution < -0.4 is 5.32 Å². The molecule has 2 heterocycles. The number of nitrogens with one attached hydrogen (secondary N) is 1. The van der Waals surface area contributed by atoms with Crippen LogP contribution in [0.3, 0.4) is 0 Å². The molecule has 0 saturated heterocycles. The molecule has 5 nitrogen and oxygen atoms in total. The number of rotatable bonds is 3. The quantitative estimate of drug-likeness (QED) is 0.795. The van der Waals surface area contributed by atoms with E-state index in [1.54, 1.807) is 6.20 Å². The lowest BCUT2D eigenvalue weighted by Crippen LogP contribution is -2.06. The minimum absolute atomic E-state index is 0.814. The van der Waals surface area contributed by atoms with Gasteiger partial charge >= 0.3 is 0 Å². The lowest BCUT2D eigenvalue weighted by molar-refractivity contribution is 0.749. The summed E-state index contributed by atoms with van der Waals surface area (Å²) in [7, 11) is 5.78. The summed E-state index contributed by atoms with van der Waals surface area (Å²) in [4.78, 5) is 0. The Morgan fingerprint density at radius 3 is 2.80 bits per heavy atom. The molecule has 2 rings (SSSR count). The Hall–Kier alpha value is -1.62. The molecule has 0 aliphatic carbocycles. The van der Waals surface area contributed by atoms with Crippen molar-refractivity contribution in [3.05, 3.63) is 24.0 Å². The van der Waals surface area contributed by atoms with Crippen molar-refractivity contribution in [1.82, 2.24) is 24.9 Å². The summed E-state index contributed by atoms with van der Waals surface area (Å²) < 4.78 is 3.66. The van der Waals surface area contributed by atoms with Crippen LogP contribution in [0.5, 0.6) is 0 Å². The van der Waals surface area contributed by atoms with Gasteiger partial charge in [-0.1, -0.05) is 0 Å². The Morgan fingerprint density at radius 2 is 2.20 bits per heavy atom. The van der Waals surface area contributed by atoms with Gasteiger partial charge in [-0.3, -0.25) is 9.36 Å². The molecule has 0 spiro atoms. The summed E-state index contributed by atoms with van der Waals surface area (Å²) in [5, 5.41) is 11.7. The summed E-state index contributed by atoms with van der Waals surface area (Å²) in [5.41, 5.74) is 3.22. The molecule has 0 aliphatic rings. The van der Waals surface area contributed by atoms with E-state index in [1.807, 2.05) is 42.8 Å². The van der Waals surface area contributed by atoms with Gasteiger partial charge < -0.3 is 5.32 Å². The molecule has 0 unspecified atom stereocenters. The lowest BCUT2D eigenvalue weighted by atomic mass is 10.2. The lowest BCUT2D eigenvalue weighted by Gasteiger charge is -2.01. The first-order chi connectivity index (χ1) is 7.22. The molecular weight excluding hydrogens is 190 g/mol. The van der Waals surface area contributed by atoms with Crippen molar-refractivity contribution in [2.75, 3.05) is 7.05 Å². The monoisotopic (exact) mass is 205 g/mol. The van der Waals surface area contributed by atoms with Crippen LogP contribution in [0.15, 0.2) is 18.5 Å². The van der Waals surface area contributed by atoms with Gasteiger partial charge in [-0.2, -0.15) is 10.2 Å². The number of hydrogen-bond donors (Lipinski definition) is 1. The Bertz CT molecular complexity index is 454. The fourth-order valence-electron chi connectivity index (χ4n) is 1.68. The molecule has 80 valence electrons. The Kier molecular flexibility index (Phi) is 2.55. The molecule has 5 heteroatoms. The van der Waals surface area contributed by atoms with Crippen LogP contribution in [-0.4, -0.2) is 26.6 Å². The van der Waals surface area contributed by atoms with Gasteiger partial charge in [0.05, 0.1) is 5.69 Å². The van der Waals surface area contributed by atoms with Gasteiger partial charge in [0.25, 0.3) is 0 Å². The van der Waals surface area contributed by atoms with Gasteiger partial charge in [-0.05, 0) is 13.1 Å². The highest BCUT2D eigenvalue weighted by Crippen LogP contribution is 2.20. The second-order valence-electron chi connectivity index (χ2n) is 3.55. The third kappa shape index (κ3) is 1.78. The molecular formula is C10H15N5. The SMILES string of the molecule is CNCc1cn(C)nc1-c1ccnn1C. The first kappa shape index (κ1) is 9.92. The van der Waals surface area contributed by atoms with E-state index in [2.05, 4.69) is 15.5 Å². The zero-order valence-corrected chi connectivity index (χ0v) is 9.23. The molecule has 0 saturated carbocycles. The van der Waals surface area contributed by atoms with Gasteiger partial charge in [-0.15, -0.1) is 0 Å². The maximum atomic E-state index is 4.45. The average molecular weight is 205 g/mol. The van der Waals surface area contributed by atoms with Crippen LogP contribution in [-0.2, 0) is 20.6 Å². The zero-order valence-electron chi connectivity index (χ0n) is 9.23. The minimum Gasteiger partial charge on any atom is -0.316 e. The van der Waals surface area contributed by atoms with Crippen LogP contribution in [0.25, 0.3) is 11.4 Å². The van der Waals surface area contributed by atoms with Crippen molar-refractivity contribution in [2.24, 2.45) is 14.1 Å². The summed E-state index contributed by atoms with van der Waals surface area (Å²) in [6.45, 7) is 0.814. The van der Waals surface area contributed by atoms with Crippen LogP contribution >= 0.6 is 0 Å². The number of aromatic nitrogens is 4. The highest BCUT2D eigenvalue weighted by Gasteiger charge is 2.11. The van der Waals surface area contributed by atoms with Gasteiger partial charge in [0.2, 0.25) is 0 Å². The van der Waals surface area contributed by atoms with Crippen molar-refractivity contribution in [1.29, 1.82) is 0 Å². The number of hydrogen-bond acceptors (Lipinski definition) is 3. The Morgan fingerprint density at radius 1 is 1.40 bits per heavy atom. The van der Waals surface area contributed by atoms with E-state index in [-0.39, 0.29) is 0 Å². The third-order valence-electron chi connectivity index (χ3n) is 2.34. The Balaban J connectivity index is 2.47. The number of nitrogens with zero attached hydrogens (tertiary/aromatic N) is 4. The topological polar surface area (TPSA) is 47.7 Å². The smallest absolute Gasteiger partial charge is 0.115 e. The fourth-order valence-corrected chi connectivity index (χ4v) is 1.68. The molecule has 0 atom stereocenters. The van der Waals surface area contributed by atoms with Gasteiger partial charge in [0.15, 0.2) is 0 Å². The molecule has 15 heavy (non-hydrogen) atoms. The highest BCUT2D eigenvalue weighted by molar-refractivity contribution is 5.58. The molecule has 2 aromatic rings. The van der Waals surface area contributed by atoms with E-state index in [4.69, 9.17) is 0 Å². The van der Waals surface area contributed by atoms with E-state index in [1.165, 1.54) is 5.56 Å². The first-order valence-corrected chi connectivity index (χ1v) is 4.88. The molecule has 0 amide bonds. The first-order valence-electron chi connectivity index (χ1n) is 4.88. The molecule has 0 aliphatic heterocycles. The molecule has 0 fully saturated rings. The fraction of sp³-hybridized carbons (Fsp3) is 0.400. The standard InChI is InChI=1S/C10H15N5/c1-11-6-8-7-14(2)13-10(8)9-4-5-12-15(9)3/h4-5,7,11H,6H2,1-3H3. The number of aryl methyl sites for hydroxylation is 2. The van der Waals surface area contributed by atoms with Crippen molar-refractivity contribution in [3.63, 3.8) is 0 Å². The maximum absolute atomic E-state index is 4.45. The van der Waals surface area contributed by atoms with Crippen LogP contribution in [0.1, 0.15) is 5.56 Å². The van der Waals surface area contributed by atoms with E-state index >= 15 is 0 Å². The van der Waals surface area contributed by atoms with Crippen molar-refractivity contribution in [3.8, 4) is 11.4 Å². The van der Waals surface area contributed by atoms with Crippen molar-refractivity contribution in [2.45, 2.75) is 6.54 Å². The summed E-state index contributed by atoms with van der Waals surface area (Å²) in [5.74, 6) is 0. The molecule has 2 aromatic heterocycles. The second kappa shape index (κ2) is 3.86. The Labute approximate surface area is 88.7 Å². The van der Waals surface area contributed by atoms with Crippen molar-refractivity contribution < 1.29 is 0 Å². The minimum atomic E-state index is 0.814. The zero-order chi connectivity index (χ0) is 10.8. The van der Waals surface area contributed by atoms with Gasteiger partial charge in [0, 0.05) is 38.6 Å². The van der Waals surface area contributed by atoms with Gasteiger partial charge in [0.1, 0.15) is 5.69 Å². The molecule has 0 bridgehead atoms. The van der Waals surface area contributed by atoms with Gasteiger partial charge in [-0.25, -0.2) is 0 Å². The predicted octanol–water partition coefficient (Wildman–Crippen LogP) is 0.540. The molecule has 0 radical (unpaired) electrons. The van der Waals surface area contributed by atoms with E-state index < -0.39 is 0 Å².